The van der Waals surface area contributed by atoms with Crippen molar-refractivity contribution in [3.05, 3.63) is 81.0 Å². The SMILES string of the molecule is Cc1ccc(-c2ccc3c(N)c(C(=O)Nc4nc(-c5ccc(Br)cc5)cs4)sc3n2)cc1. The van der Waals surface area contributed by atoms with Gasteiger partial charge in [0.25, 0.3) is 5.91 Å². The Labute approximate surface area is 201 Å². The molecule has 3 heterocycles. The van der Waals surface area contributed by atoms with Gasteiger partial charge in [-0.3, -0.25) is 10.1 Å². The van der Waals surface area contributed by atoms with Gasteiger partial charge in [0, 0.05) is 26.4 Å². The number of thiophene rings is 1. The fourth-order valence-corrected chi connectivity index (χ4v) is 5.26. The number of anilines is 2. The number of halogens is 1. The summed E-state index contributed by atoms with van der Waals surface area (Å²) in [6.45, 7) is 2.05. The molecule has 0 aliphatic carbocycles. The van der Waals surface area contributed by atoms with E-state index < -0.39 is 0 Å². The summed E-state index contributed by atoms with van der Waals surface area (Å²) in [6, 6.07) is 19.9. The Morgan fingerprint density at radius 2 is 1.62 bits per heavy atom. The maximum atomic E-state index is 12.9. The van der Waals surface area contributed by atoms with Crippen molar-refractivity contribution in [1.82, 2.24) is 9.97 Å². The molecule has 32 heavy (non-hydrogen) atoms. The molecule has 5 aromatic rings. The number of pyridine rings is 1. The van der Waals surface area contributed by atoms with E-state index in [0.29, 0.717) is 15.7 Å². The van der Waals surface area contributed by atoms with Gasteiger partial charge in [0.2, 0.25) is 0 Å². The molecule has 0 atom stereocenters. The second kappa shape index (κ2) is 8.46. The van der Waals surface area contributed by atoms with Crippen LogP contribution in [0.25, 0.3) is 32.7 Å². The largest absolute Gasteiger partial charge is 0.397 e. The number of aromatic nitrogens is 2. The molecule has 0 spiro atoms. The number of hydrogen-bond acceptors (Lipinski definition) is 6. The van der Waals surface area contributed by atoms with E-state index in [4.69, 9.17) is 10.7 Å². The second-order valence-corrected chi connectivity index (χ2v) is 10.0. The molecule has 3 N–H and O–H groups in total. The summed E-state index contributed by atoms with van der Waals surface area (Å²) in [5.74, 6) is -0.279. The number of nitrogens with zero attached hydrogens (tertiary/aromatic N) is 2. The molecule has 0 aliphatic rings. The number of nitrogens with one attached hydrogen (secondary N) is 1. The summed E-state index contributed by atoms with van der Waals surface area (Å²) in [6.07, 6.45) is 0. The lowest BCUT2D eigenvalue weighted by Gasteiger charge is -2.02. The quantitative estimate of drug-likeness (QED) is 0.267. The number of aryl methyl sites for hydroxylation is 1. The van der Waals surface area contributed by atoms with Gasteiger partial charge in [-0.2, -0.15) is 0 Å². The molecule has 0 bridgehead atoms. The van der Waals surface area contributed by atoms with E-state index in [1.165, 1.54) is 28.2 Å². The molecule has 1 amide bonds. The number of amides is 1. The molecule has 0 saturated heterocycles. The minimum atomic E-state index is -0.279. The zero-order valence-electron chi connectivity index (χ0n) is 16.9. The Morgan fingerprint density at radius 1 is 0.938 bits per heavy atom. The molecule has 0 unspecified atom stereocenters. The number of carbonyl (C=O) groups excluding carboxylic acids is 1. The van der Waals surface area contributed by atoms with E-state index in [-0.39, 0.29) is 5.91 Å². The van der Waals surface area contributed by atoms with Gasteiger partial charge >= 0.3 is 0 Å². The van der Waals surface area contributed by atoms with E-state index in [0.717, 1.165) is 37.2 Å². The molecule has 5 nitrogen and oxygen atoms in total. The molecular weight excluding hydrogens is 504 g/mol. The highest BCUT2D eigenvalue weighted by molar-refractivity contribution is 9.10. The summed E-state index contributed by atoms with van der Waals surface area (Å²) in [7, 11) is 0. The zero-order chi connectivity index (χ0) is 22.2. The van der Waals surface area contributed by atoms with Gasteiger partial charge < -0.3 is 5.73 Å². The van der Waals surface area contributed by atoms with E-state index in [9.17, 15) is 4.79 Å². The van der Waals surface area contributed by atoms with Crippen LogP contribution in [0.1, 0.15) is 15.2 Å². The van der Waals surface area contributed by atoms with E-state index >= 15 is 0 Å². The predicted octanol–water partition coefficient (Wildman–Crippen LogP) is 6.99. The van der Waals surface area contributed by atoms with Crippen molar-refractivity contribution in [1.29, 1.82) is 0 Å². The second-order valence-electron chi connectivity index (χ2n) is 7.26. The Bertz CT molecular complexity index is 1440. The molecular formula is C24H17BrN4OS2. The number of fused-ring (bicyclic) bond motifs is 1. The molecule has 3 aromatic heterocycles. The predicted molar refractivity (Wildman–Crippen MR) is 137 cm³/mol. The Hall–Kier alpha value is -3.07. The average molecular weight is 521 g/mol. The lowest BCUT2D eigenvalue weighted by Crippen LogP contribution is -2.11. The molecule has 0 saturated carbocycles. The Morgan fingerprint density at radius 3 is 2.38 bits per heavy atom. The van der Waals surface area contributed by atoms with Crippen molar-refractivity contribution >= 4 is 65.5 Å². The highest BCUT2D eigenvalue weighted by Gasteiger charge is 2.19. The lowest BCUT2D eigenvalue weighted by atomic mass is 10.1. The summed E-state index contributed by atoms with van der Waals surface area (Å²) >= 11 is 6.10. The van der Waals surface area contributed by atoms with Gasteiger partial charge in [0.1, 0.15) is 9.71 Å². The standard InChI is InChI=1S/C24H17BrN4OS2/c1-13-2-4-14(5-3-13)18-11-10-17-20(26)21(32-23(17)27-18)22(30)29-24-28-19(12-31-24)15-6-8-16(25)9-7-15/h2-12H,26H2,1H3,(H,28,29,30). The first kappa shape index (κ1) is 20.8. The van der Waals surface area contributed by atoms with Crippen molar-refractivity contribution in [3.63, 3.8) is 0 Å². The number of thiazole rings is 1. The van der Waals surface area contributed by atoms with Crippen LogP contribution in [-0.4, -0.2) is 15.9 Å². The maximum absolute atomic E-state index is 12.9. The third-order valence-electron chi connectivity index (χ3n) is 5.01. The van der Waals surface area contributed by atoms with Gasteiger partial charge in [0.05, 0.1) is 17.1 Å². The third-order valence-corrected chi connectivity index (χ3v) is 7.41. The van der Waals surface area contributed by atoms with Gasteiger partial charge in [-0.1, -0.05) is 57.9 Å². The van der Waals surface area contributed by atoms with Crippen molar-refractivity contribution in [2.75, 3.05) is 11.1 Å². The topological polar surface area (TPSA) is 80.9 Å². The molecule has 158 valence electrons. The Kier molecular flexibility index (Phi) is 5.50. The number of rotatable bonds is 4. The fourth-order valence-electron chi connectivity index (χ4n) is 3.29. The van der Waals surface area contributed by atoms with E-state index in [1.807, 2.05) is 53.9 Å². The zero-order valence-corrected chi connectivity index (χ0v) is 20.1. The Balaban J connectivity index is 1.40. The van der Waals surface area contributed by atoms with Crippen LogP contribution in [-0.2, 0) is 0 Å². The number of carbonyl (C=O) groups is 1. The van der Waals surface area contributed by atoms with Crippen LogP contribution in [0.5, 0.6) is 0 Å². The molecule has 0 aliphatic heterocycles. The summed E-state index contributed by atoms with van der Waals surface area (Å²) in [5, 5.41) is 6.10. The van der Waals surface area contributed by atoms with Crippen molar-refractivity contribution in [3.8, 4) is 22.5 Å². The number of hydrogen-bond donors (Lipinski definition) is 2. The number of benzene rings is 2. The van der Waals surface area contributed by atoms with Gasteiger partial charge in [-0.05, 0) is 31.2 Å². The molecule has 0 fully saturated rings. The normalized spacial score (nSPS) is 11.1. The summed E-state index contributed by atoms with van der Waals surface area (Å²) in [5.41, 5.74) is 11.6. The van der Waals surface area contributed by atoms with Crippen molar-refractivity contribution in [2.45, 2.75) is 6.92 Å². The van der Waals surface area contributed by atoms with Crippen LogP contribution in [0.15, 0.2) is 70.5 Å². The van der Waals surface area contributed by atoms with Gasteiger partial charge in [-0.25, -0.2) is 9.97 Å². The van der Waals surface area contributed by atoms with Crippen molar-refractivity contribution in [2.24, 2.45) is 0 Å². The maximum Gasteiger partial charge on any atom is 0.269 e. The average Bonchev–Trinajstić information content (AvgIpc) is 3.39. The van der Waals surface area contributed by atoms with E-state index in [1.54, 1.807) is 0 Å². The van der Waals surface area contributed by atoms with Crippen LogP contribution in [0.3, 0.4) is 0 Å². The smallest absolute Gasteiger partial charge is 0.269 e. The summed E-state index contributed by atoms with van der Waals surface area (Å²) < 4.78 is 1.00. The number of nitrogen functional groups attached to an aromatic ring is 1. The third kappa shape index (κ3) is 4.04. The molecule has 2 aromatic carbocycles. The first-order chi connectivity index (χ1) is 15.5. The van der Waals surface area contributed by atoms with Crippen LogP contribution < -0.4 is 11.1 Å². The minimum absolute atomic E-state index is 0.279. The van der Waals surface area contributed by atoms with Gasteiger partial charge in [0.15, 0.2) is 5.13 Å². The first-order valence-corrected chi connectivity index (χ1v) is 12.3. The van der Waals surface area contributed by atoms with Crippen molar-refractivity contribution < 1.29 is 4.79 Å². The molecule has 5 rings (SSSR count). The monoisotopic (exact) mass is 520 g/mol. The van der Waals surface area contributed by atoms with Crippen LogP contribution >= 0.6 is 38.6 Å². The minimum Gasteiger partial charge on any atom is -0.397 e. The lowest BCUT2D eigenvalue weighted by molar-refractivity contribution is 0.103. The molecule has 8 heteroatoms. The first-order valence-electron chi connectivity index (χ1n) is 9.77. The van der Waals surface area contributed by atoms with E-state index in [2.05, 4.69) is 45.3 Å². The highest BCUT2D eigenvalue weighted by atomic mass is 79.9. The number of nitrogens with two attached hydrogens (primary N) is 1. The highest BCUT2D eigenvalue weighted by Crippen LogP contribution is 2.35. The summed E-state index contributed by atoms with van der Waals surface area (Å²) in [4.78, 5) is 23.4. The van der Waals surface area contributed by atoms with Crippen LogP contribution in [0, 0.1) is 6.92 Å². The van der Waals surface area contributed by atoms with Gasteiger partial charge in [-0.15, -0.1) is 22.7 Å². The fraction of sp³-hybridized carbons (Fsp3) is 0.0417. The van der Waals surface area contributed by atoms with Crippen LogP contribution in [0.2, 0.25) is 0 Å². The molecule has 0 radical (unpaired) electrons. The van der Waals surface area contributed by atoms with Crippen LogP contribution in [0.4, 0.5) is 10.8 Å².